The summed E-state index contributed by atoms with van der Waals surface area (Å²) in [5, 5.41) is 21.4. The summed E-state index contributed by atoms with van der Waals surface area (Å²) in [6.07, 6.45) is 7.63. The number of unbranched alkanes of at least 4 members (excludes halogenated alkanes) is 1. The Labute approximate surface area is 85.1 Å². The molecule has 1 aliphatic carbocycles. The predicted molar refractivity (Wildman–Crippen MR) is 56.9 cm³/mol. The second-order valence-corrected chi connectivity index (χ2v) is 3.57. The van der Waals surface area contributed by atoms with Crippen LogP contribution in [-0.4, -0.2) is 23.0 Å². The van der Waals surface area contributed by atoms with E-state index < -0.39 is 0 Å². The second-order valence-electron chi connectivity index (χ2n) is 3.57. The van der Waals surface area contributed by atoms with Gasteiger partial charge < -0.3 is 10.2 Å². The van der Waals surface area contributed by atoms with Crippen molar-refractivity contribution < 1.29 is 10.2 Å². The first kappa shape index (κ1) is 11.3. The average molecular weight is 197 g/mol. The molecular formula is C11H19NO2. The van der Waals surface area contributed by atoms with Gasteiger partial charge in [-0.05, 0) is 30.9 Å². The zero-order valence-electron chi connectivity index (χ0n) is 8.66. The van der Waals surface area contributed by atoms with E-state index in [9.17, 15) is 5.11 Å². The third-order valence-electron chi connectivity index (χ3n) is 2.53. The SMILES string of the molecule is CCCCC1=C(O)C=CCC1NCO. The minimum Gasteiger partial charge on any atom is -0.508 e. The monoisotopic (exact) mass is 197 g/mol. The van der Waals surface area contributed by atoms with Crippen LogP contribution >= 0.6 is 0 Å². The van der Waals surface area contributed by atoms with E-state index in [1.54, 1.807) is 6.08 Å². The summed E-state index contributed by atoms with van der Waals surface area (Å²) in [5.74, 6) is 0.371. The van der Waals surface area contributed by atoms with Crippen molar-refractivity contribution in [2.75, 3.05) is 6.73 Å². The fourth-order valence-electron chi connectivity index (χ4n) is 1.73. The zero-order chi connectivity index (χ0) is 10.4. The van der Waals surface area contributed by atoms with Gasteiger partial charge in [0, 0.05) is 6.04 Å². The van der Waals surface area contributed by atoms with Crippen LogP contribution in [0.1, 0.15) is 32.6 Å². The van der Waals surface area contributed by atoms with Crippen LogP contribution in [0.4, 0.5) is 0 Å². The highest BCUT2D eigenvalue weighted by atomic mass is 16.3. The predicted octanol–water partition coefficient (Wildman–Crippen LogP) is 1.86. The van der Waals surface area contributed by atoms with Crippen LogP contribution in [0.5, 0.6) is 0 Å². The van der Waals surface area contributed by atoms with Gasteiger partial charge >= 0.3 is 0 Å². The van der Waals surface area contributed by atoms with Crippen molar-refractivity contribution in [2.24, 2.45) is 0 Å². The maximum atomic E-state index is 9.66. The van der Waals surface area contributed by atoms with E-state index in [4.69, 9.17) is 5.11 Å². The Bertz CT molecular complexity index is 233. The lowest BCUT2D eigenvalue weighted by Crippen LogP contribution is -2.33. The lowest BCUT2D eigenvalue weighted by molar-refractivity contribution is 0.244. The molecule has 3 heteroatoms. The molecule has 0 heterocycles. The maximum absolute atomic E-state index is 9.66. The van der Waals surface area contributed by atoms with Crippen LogP contribution in [0.15, 0.2) is 23.5 Å². The van der Waals surface area contributed by atoms with E-state index in [1.807, 2.05) is 6.08 Å². The van der Waals surface area contributed by atoms with E-state index in [-0.39, 0.29) is 12.8 Å². The first-order valence-electron chi connectivity index (χ1n) is 5.22. The maximum Gasteiger partial charge on any atom is 0.116 e. The molecule has 0 aromatic heterocycles. The molecule has 3 nitrogen and oxygen atoms in total. The molecule has 1 aliphatic rings. The van der Waals surface area contributed by atoms with Gasteiger partial charge in [-0.3, -0.25) is 5.32 Å². The lowest BCUT2D eigenvalue weighted by Gasteiger charge is -2.23. The summed E-state index contributed by atoms with van der Waals surface area (Å²) >= 11 is 0. The van der Waals surface area contributed by atoms with Gasteiger partial charge in [0.25, 0.3) is 0 Å². The summed E-state index contributed by atoms with van der Waals surface area (Å²) in [6.45, 7) is 2.09. The average Bonchev–Trinajstić information content (AvgIpc) is 2.18. The molecule has 1 unspecified atom stereocenters. The van der Waals surface area contributed by atoms with Gasteiger partial charge in [0.1, 0.15) is 5.76 Å². The minimum absolute atomic E-state index is 0.0403. The fraction of sp³-hybridized carbons (Fsp3) is 0.636. The molecule has 14 heavy (non-hydrogen) atoms. The van der Waals surface area contributed by atoms with Gasteiger partial charge in [0.15, 0.2) is 0 Å². The summed E-state index contributed by atoms with van der Waals surface area (Å²) in [4.78, 5) is 0. The molecule has 0 saturated carbocycles. The van der Waals surface area contributed by atoms with Crippen molar-refractivity contribution in [2.45, 2.75) is 38.6 Å². The standard InChI is InChI=1S/C11H19NO2/c1-2-3-5-9-10(12-8-13)6-4-7-11(9)14/h4,7,10,12-14H,2-3,5-6,8H2,1H3. The molecule has 0 bridgehead atoms. The number of allylic oxidation sites excluding steroid dienone is 1. The fourth-order valence-corrected chi connectivity index (χ4v) is 1.73. The van der Waals surface area contributed by atoms with Crippen LogP contribution < -0.4 is 5.32 Å². The van der Waals surface area contributed by atoms with Gasteiger partial charge in [-0.25, -0.2) is 0 Å². The summed E-state index contributed by atoms with van der Waals surface area (Å²) in [5.41, 5.74) is 1.03. The molecule has 0 fully saturated rings. The Morgan fingerprint density at radius 3 is 3.00 bits per heavy atom. The van der Waals surface area contributed by atoms with Gasteiger partial charge in [-0.2, -0.15) is 0 Å². The second kappa shape index (κ2) is 5.83. The van der Waals surface area contributed by atoms with Crippen molar-refractivity contribution in [3.8, 4) is 0 Å². The van der Waals surface area contributed by atoms with Crippen LogP contribution in [0.2, 0.25) is 0 Å². The summed E-state index contributed by atoms with van der Waals surface area (Å²) in [6, 6.07) is 0.108. The third-order valence-corrected chi connectivity index (χ3v) is 2.53. The highest BCUT2D eigenvalue weighted by Gasteiger charge is 2.18. The Kier molecular flexibility index (Phi) is 4.70. The Morgan fingerprint density at radius 2 is 2.36 bits per heavy atom. The molecule has 0 saturated heterocycles. The molecule has 0 aromatic rings. The van der Waals surface area contributed by atoms with E-state index in [1.165, 1.54) is 0 Å². The van der Waals surface area contributed by atoms with E-state index >= 15 is 0 Å². The lowest BCUT2D eigenvalue weighted by atomic mass is 9.93. The molecular weight excluding hydrogens is 178 g/mol. The topological polar surface area (TPSA) is 52.5 Å². The first-order chi connectivity index (χ1) is 6.79. The van der Waals surface area contributed by atoms with E-state index in [0.717, 1.165) is 31.3 Å². The van der Waals surface area contributed by atoms with Crippen molar-refractivity contribution >= 4 is 0 Å². The van der Waals surface area contributed by atoms with Crippen molar-refractivity contribution in [3.63, 3.8) is 0 Å². The highest BCUT2D eigenvalue weighted by Crippen LogP contribution is 2.22. The number of rotatable bonds is 5. The Hall–Kier alpha value is -0.800. The smallest absolute Gasteiger partial charge is 0.116 e. The molecule has 0 spiro atoms. The minimum atomic E-state index is -0.0403. The van der Waals surface area contributed by atoms with Gasteiger partial charge in [-0.1, -0.05) is 19.4 Å². The molecule has 3 N–H and O–H groups in total. The van der Waals surface area contributed by atoms with Gasteiger partial charge in [-0.15, -0.1) is 0 Å². The largest absolute Gasteiger partial charge is 0.508 e. The summed E-state index contributed by atoms with van der Waals surface area (Å²) < 4.78 is 0. The van der Waals surface area contributed by atoms with E-state index in [2.05, 4.69) is 12.2 Å². The zero-order valence-corrected chi connectivity index (χ0v) is 8.66. The number of aliphatic hydroxyl groups is 2. The molecule has 1 atom stereocenters. The van der Waals surface area contributed by atoms with Crippen LogP contribution in [0.3, 0.4) is 0 Å². The molecule has 0 aliphatic heterocycles. The number of aliphatic hydroxyl groups excluding tert-OH is 2. The molecule has 0 aromatic carbocycles. The molecule has 1 rings (SSSR count). The summed E-state index contributed by atoms with van der Waals surface area (Å²) in [7, 11) is 0. The first-order valence-corrected chi connectivity index (χ1v) is 5.22. The van der Waals surface area contributed by atoms with E-state index in [0.29, 0.717) is 5.76 Å². The number of hydrogen-bond acceptors (Lipinski definition) is 3. The Balaban J connectivity index is 2.63. The molecule has 0 radical (unpaired) electrons. The van der Waals surface area contributed by atoms with Crippen LogP contribution in [0, 0.1) is 0 Å². The van der Waals surface area contributed by atoms with Crippen LogP contribution in [-0.2, 0) is 0 Å². The Morgan fingerprint density at radius 1 is 1.57 bits per heavy atom. The number of nitrogens with one attached hydrogen (secondary N) is 1. The van der Waals surface area contributed by atoms with Crippen molar-refractivity contribution in [1.82, 2.24) is 5.32 Å². The van der Waals surface area contributed by atoms with Gasteiger partial charge in [0.05, 0.1) is 6.73 Å². The molecule has 0 amide bonds. The van der Waals surface area contributed by atoms with Crippen molar-refractivity contribution in [3.05, 3.63) is 23.5 Å². The van der Waals surface area contributed by atoms with Crippen LogP contribution in [0.25, 0.3) is 0 Å². The highest BCUT2D eigenvalue weighted by molar-refractivity contribution is 5.28. The normalized spacial score (nSPS) is 21.7. The van der Waals surface area contributed by atoms with Gasteiger partial charge in [0.2, 0.25) is 0 Å². The number of hydrogen-bond donors (Lipinski definition) is 3. The van der Waals surface area contributed by atoms with Crippen molar-refractivity contribution in [1.29, 1.82) is 0 Å². The third kappa shape index (κ3) is 2.86. The molecule has 80 valence electrons. The quantitative estimate of drug-likeness (QED) is 0.590.